The quantitative estimate of drug-likeness (QED) is 0.182. The molecule has 8 nitrogen and oxygen atoms in total. The molecule has 9 heteroatoms. The van der Waals surface area contributed by atoms with Gasteiger partial charge in [-0.3, -0.25) is 20.2 Å². The molecule has 0 saturated carbocycles. The Morgan fingerprint density at radius 3 is 2.67 bits per heavy atom. The summed E-state index contributed by atoms with van der Waals surface area (Å²) in [5, 5.41) is 16.4. The Kier molecular flexibility index (Phi) is 6.23. The zero-order valence-corrected chi connectivity index (χ0v) is 18.3. The third-order valence-electron chi connectivity index (χ3n) is 4.68. The van der Waals surface area contributed by atoms with E-state index in [1.54, 1.807) is 24.3 Å². The second-order valence-electron chi connectivity index (χ2n) is 7.20. The number of thiocarbonyl (C=S) groups is 1. The van der Waals surface area contributed by atoms with Crippen molar-refractivity contribution in [3.8, 4) is 11.5 Å². The Labute approximate surface area is 194 Å². The number of nitrogens with one attached hydrogen (secondary N) is 2. The van der Waals surface area contributed by atoms with Gasteiger partial charge in [0.05, 0.1) is 4.92 Å². The number of benzene rings is 3. The molecular formula is C24H18N4O4S. The molecule has 2 N–H and O–H groups in total. The number of amides is 1. The standard InChI is InChI=1S/C24H18N4O4S/c1-15-5-11-20-21(13-15)32-23(26-20)17-7-9-18(10-8-17)25-24(33)27-22(29)12-6-16-3-2-4-19(14-16)28(30)31/h2-14H,1H3,(H2,25,27,29,33)/b12-6+. The number of nitrogens with zero attached hydrogens (tertiary/aromatic N) is 2. The van der Waals surface area contributed by atoms with E-state index in [-0.39, 0.29) is 10.8 Å². The summed E-state index contributed by atoms with van der Waals surface area (Å²) >= 11 is 5.18. The zero-order chi connectivity index (χ0) is 23.4. The van der Waals surface area contributed by atoms with Crippen molar-refractivity contribution in [2.75, 3.05) is 5.32 Å². The summed E-state index contributed by atoms with van der Waals surface area (Å²) < 4.78 is 5.83. The van der Waals surface area contributed by atoms with E-state index in [0.29, 0.717) is 17.1 Å². The van der Waals surface area contributed by atoms with Gasteiger partial charge >= 0.3 is 0 Å². The van der Waals surface area contributed by atoms with Crippen molar-refractivity contribution in [2.24, 2.45) is 0 Å². The minimum Gasteiger partial charge on any atom is -0.436 e. The number of oxazole rings is 1. The maximum absolute atomic E-state index is 12.1. The molecule has 0 aliphatic heterocycles. The number of non-ortho nitro benzene ring substituents is 1. The van der Waals surface area contributed by atoms with Crippen molar-refractivity contribution in [1.29, 1.82) is 0 Å². The molecule has 1 aromatic heterocycles. The first-order valence-corrected chi connectivity index (χ1v) is 10.3. The number of fused-ring (bicyclic) bond motifs is 1. The van der Waals surface area contributed by atoms with Crippen molar-refractivity contribution in [3.05, 3.63) is 94.0 Å². The van der Waals surface area contributed by atoms with Crippen LogP contribution in [0.5, 0.6) is 0 Å². The Morgan fingerprint density at radius 2 is 1.91 bits per heavy atom. The van der Waals surface area contributed by atoms with Crippen LogP contribution in [-0.2, 0) is 4.79 Å². The highest BCUT2D eigenvalue weighted by molar-refractivity contribution is 7.80. The lowest BCUT2D eigenvalue weighted by molar-refractivity contribution is -0.384. The third-order valence-corrected chi connectivity index (χ3v) is 4.88. The molecule has 4 aromatic rings. The van der Waals surface area contributed by atoms with Gasteiger partial charge in [0.2, 0.25) is 11.8 Å². The first-order valence-electron chi connectivity index (χ1n) is 9.89. The van der Waals surface area contributed by atoms with Gasteiger partial charge in [0.25, 0.3) is 5.69 Å². The fraction of sp³-hybridized carbons (Fsp3) is 0.0417. The van der Waals surface area contributed by atoms with Gasteiger partial charge in [-0.25, -0.2) is 4.98 Å². The van der Waals surface area contributed by atoms with Crippen LogP contribution in [0.3, 0.4) is 0 Å². The van der Waals surface area contributed by atoms with Crippen LogP contribution < -0.4 is 10.6 Å². The van der Waals surface area contributed by atoms with Gasteiger partial charge in [0.1, 0.15) is 5.52 Å². The fourth-order valence-corrected chi connectivity index (χ4v) is 3.30. The molecule has 4 rings (SSSR count). The number of nitro groups is 1. The third kappa shape index (κ3) is 5.46. The largest absolute Gasteiger partial charge is 0.436 e. The number of carbonyl (C=O) groups is 1. The van der Waals surface area contributed by atoms with Crippen LogP contribution in [0.4, 0.5) is 11.4 Å². The van der Waals surface area contributed by atoms with Crippen LogP contribution in [0.15, 0.2) is 77.2 Å². The summed E-state index contributed by atoms with van der Waals surface area (Å²) in [6.07, 6.45) is 2.73. The SMILES string of the molecule is Cc1ccc2nc(-c3ccc(NC(=S)NC(=O)/C=C/c4cccc([N+](=O)[O-])c4)cc3)oc2c1. The molecular weight excluding hydrogens is 440 g/mol. The van der Waals surface area contributed by atoms with Gasteiger partial charge in [0.15, 0.2) is 10.7 Å². The number of anilines is 1. The number of hydrogen-bond donors (Lipinski definition) is 2. The smallest absolute Gasteiger partial charge is 0.270 e. The number of rotatable bonds is 5. The second-order valence-corrected chi connectivity index (χ2v) is 7.60. The molecule has 0 saturated heterocycles. The highest BCUT2D eigenvalue weighted by Crippen LogP contribution is 2.26. The molecule has 3 aromatic carbocycles. The lowest BCUT2D eigenvalue weighted by atomic mass is 10.2. The Balaban J connectivity index is 1.35. The van der Waals surface area contributed by atoms with Gasteiger partial charge in [-0.1, -0.05) is 18.2 Å². The topological polar surface area (TPSA) is 110 Å². The Morgan fingerprint density at radius 1 is 1.12 bits per heavy atom. The zero-order valence-electron chi connectivity index (χ0n) is 17.4. The maximum Gasteiger partial charge on any atom is 0.270 e. The summed E-state index contributed by atoms with van der Waals surface area (Å²) in [5.41, 5.74) is 4.59. The monoisotopic (exact) mass is 458 g/mol. The number of aromatic nitrogens is 1. The van der Waals surface area contributed by atoms with Crippen LogP contribution >= 0.6 is 12.2 Å². The van der Waals surface area contributed by atoms with Crippen molar-refractivity contribution in [2.45, 2.75) is 6.92 Å². The van der Waals surface area contributed by atoms with Gasteiger partial charge in [-0.2, -0.15) is 0 Å². The summed E-state index contributed by atoms with van der Waals surface area (Å²) in [6, 6.07) is 19.1. The van der Waals surface area contributed by atoms with E-state index >= 15 is 0 Å². The highest BCUT2D eigenvalue weighted by atomic mass is 32.1. The van der Waals surface area contributed by atoms with E-state index < -0.39 is 10.8 Å². The van der Waals surface area contributed by atoms with Crippen LogP contribution in [0.1, 0.15) is 11.1 Å². The first-order chi connectivity index (χ1) is 15.9. The fourth-order valence-electron chi connectivity index (χ4n) is 3.08. The summed E-state index contributed by atoms with van der Waals surface area (Å²) in [6.45, 7) is 1.99. The second kappa shape index (κ2) is 9.41. The van der Waals surface area contributed by atoms with Crippen molar-refractivity contribution in [3.63, 3.8) is 0 Å². The van der Waals surface area contributed by atoms with E-state index in [0.717, 1.165) is 22.2 Å². The van der Waals surface area contributed by atoms with Gasteiger partial charge in [0, 0.05) is 29.5 Å². The van der Waals surface area contributed by atoms with E-state index in [2.05, 4.69) is 15.6 Å². The lowest BCUT2D eigenvalue weighted by Crippen LogP contribution is -2.32. The average molecular weight is 458 g/mol. The van der Waals surface area contributed by atoms with Crippen LogP contribution in [-0.4, -0.2) is 20.9 Å². The van der Waals surface area contributed by atoms with E-state index in [4.69, 9.17) is 16.6 Å². The average Bonchev–Trinajstić information content (AvgIpc) is 3.21. The molecule has 0 unspecified atom stereocenters. The molecule has 0 aliphatic rings. The van der Waals surface area contributed by atoms with Gasteiger partial charge in [-0.05, 0) is 72.7 Å². The van der Waals surface area contributed by atoms with E-state index in [1.807, 2.05) is 37.3 Å². The van der Waals surface area contributed by atoms with Crippen molar-refractivity contribution >= 4 is 51.8 Å². The molecule has 164 valence electrons. The molecule has 1 amide bonds. The highest BCUT2D eigenvalue weighted by Gasteiger charge is 2.09. The number of aryl methyl sites for hydroxylation is 1. The molecule has 0 aliphatic carbocycles. The van der Waals surface area contributed by atoms with Crippen LogP contribution in [0.25, 0.3) is 28.6 Å². The Bertz CT molecular complexity index is 1390. The van der Waals surface area contributed by atoms with Crippen LogP contribution in [0.2, 0.25) is 0 Å². The van der Waals surface area contributed by atoms with Crippen LogP contribution in [0, 0.1) is 17.0 Å². The van der Waals surface area contributed by atoms with Crippen molar-refractivity contribution in [1.82, 2.24) is 10.3 Å². The predicted octanol–water partition coefficient (Wildman–Crippen LogP) is 5.24. The minimum absolute atomic E-state index is 0.0499. The summed E-state index contributed by atoms with van der Waals surface area (Å²) in [7, 11) is 0. The molecule has 0 atom stereocenters. The van der Waals surface area contributed by atoms with Crippen molar-refractivity contribution < 1.29 is 14.1 Å². The maximum atomic E-state index is 12.1. The minimum atomic E-state index is -0.493. The summed E-state index contributed by atoms with van der Waals surface area (Å²) in [4.78, 5) is 26.9. The van der Waals surface area contributed by atoms with E-state index in [9.17, 15) is 14.9 Å². The van der Waals surface area contributed by atoms with Gasteiger partial charge in [-0.15, -0.1) is 0 Å². The van der Waals surface area contributed by atoms with E-state index in [1.165, 1.54) is 24.3 Å². The molecule has 1 heterocycles. The molecule has 0 radical (unpaired) electrons. The summed E-state index contributed by atoms with van der Waals surface area (Å²) in [5.74, 6) is 0.0571. The molecule has 0 spiro atoms. The first kappa shape index (κ1) is 21.8. The van der Waals surface area contributed by atoms with Gasteiger partial charge < -0.3 is 9.73 Å². The normalized spacial score (nSPS) is 10.9. The Hall–Kier alpha value is -4.37. The number of carbonyl (C=O) groups excluding carboxylic acids is 1. The molecule has 0 fully saturated rings. The number of hydrogen-bond acceptors (Lipinski definition) is 6. The predicted molar refractivity (Wildman–Crippen MR) is 131 cm³/mol. The molecule has 0 bridgehead atoms. The molecule has 33 heavy (non-hydrogen) atoms. The number of nitro benzene ring substituents is 1. The lowest BCUT2D eigenvalue weighted by Gasteiger charge is -2.08.